The van der Waals surface area contributed by atoms with Gasteiger partial charge in [0.1, 0.15) is 5.75 Å². The molecule has 1 aliphatic rings. The zero-order chi connectivity index (χ0) is 17.7. The van der Waals surface area contributed by atoms with E-state index < -0.39 is 0 Å². The maximum Gasteiger partial charge on any atom is 0.314 e. The van der Waals surface area contributed by atoms with Crippen LogP contribution in [0.15, 0.2) is 24.3 Å². The normalized spacial score (nSPS) is 21.1. The van der Waals surface area contributed by atoms with E-state index in [1.165, 1.54) is 5.56 Å². The van der Waals surface area contributed by atoms with Gasteiger partial charge in [-0.25, -0.2) is 0 Å². The van der Waals surface area contributed by atoms with Crippen molar-refractivity contribution in [1.29, 1.82) is 5.41 Å². The van der Waals surface area contributed by atoms with Crippen LogP contribution in [-0.2, 0) is 10.2 Å². The molecule has 0 atom stereocenters. The first-order valence-corrected chi connectivity index (χ1v) is 8.66. The summed E-state index contributed by atoms with van der Waals surface area (Å²) in [6.07, 6.45) is 3.60. The molecular weight excluding hydrogens is 302 g/mol. The quantitative estimate of drug-likeness (QED) is 0.342. The third-order valence-corrected chi connectivity index (χ3v) is 4.70. The topological polar surface area (TPSA) is 88.2 Å². The van der Waals surface area contributed by atoms with Crippen LogP contribution >= 0.6 is 0 Å². The van der Waals surface area contributed by atoms with Crippen molar-refractivity contribution in [3.63, 3.8) is 0 Å². The lowest BCUT2D eigenvalue weighted by atomic mass is 9.82. The second-order valence-electron chi connectivity index (χ2n) is 7.71. The standard InChI is InChI=1S/C19H29N3O2/c1-19(2,3)15-8-10-16(11-9-15)24-17(23)14-6-4-13(5-7-14)12-22-18(20)21/h8-11,13-14H,4-7,12H2,1-3H3,(H4,20,21,22)/t13-,14-. The molecule has 4 N–H and O–H groups in total. The van der Waals surface area contributed by atoms with Gasteiger partial charge < -0.3 is 15.8 Å². The van der Waals surface area contributed by atoms with Gasteiger partial charge in [0, 0.05) is 6.54 Å². The lowest BCUT2D eigenvalue weighted by Gasteiger charge is -2.27. The zero-order valence-electron chi connectivity index (χ0n) is 14.9. The Bertz CT molecular complexity index is 567. The number of esters is 1. The highest BCUT2D eigenvalue weighted by molar-refractivity contribution is 5.75. The molecule has 1 saturated carbocycles. The Hall–Kier alpha value is -2.04. The van der Waals surface area contributed by atoms with Crippen LogP contribution in [0.2, 0.25) is 0 Å². The predicted octanol–water partition coefficient (Wildman–Crippen LogP) is 3.18. The van der Waals surface area contributed by atoms with Crippen molar-refractivity contribution in [1.82, 2.24) is 5.32 Å². The average molecular weight is 331 g/mol. The summed E-state index contributed by atoms with van der Waals surface area (Å²) in [4.78, 5) is 12.3. The largest absolute Gasteiger partial charge is 0.426 e. The molecule has 0 saturated heterocycles. The van der Waals surface area contributed by atoms with Crippen molar-refractivity contribution in [3.05, 3.63) is 29.8 Å². The number of rotatable bonds is 4. The molecular formula is C19H29N3O2. The molecule has 24 heavy (non-hydrogen) atoms. The highest BCUT2D eigenvalue weighted by Gasteiger charge is 2.27. The van der Waals surface area contributed by atoms with Crippen LogP contribution in [-0.4, -0.2) is 18.5 Å². The lowest BCUT2D eigenvalue weighted by Crippen LogP contribution is -2.36. The third-order valence-electron chi connectivity index (χ3n) is 4.70. The van der Waals surface area contributed by atoms with E-state index in [-0.39, 0.29) is 23.3 Å². The number of carbonyl (C=O) groups excluding carboxylic acids is 1. The second-order valence-corrected chi connectivity index (χ2v) is 7.71. The minimum absolute atomic E-state index is 0.00948. The van der Waals surface area contributed by atoms with Gasteiger partial charge in [0.2, 0.25) is 0 Å². The summed E-state index contributed by atoms with van der Waals surface area (Å²) in [7, 11) is 0. The van der Waals surface area contributed by atoms with Crippen molar-refractivity contribution in [3.8, 4) is 5.75 Å². The van der Waals surface area contributed by atoms with E-state index in [1.807, 2.05) is 24.3 Å². The van der Waals surface area contributed by atoms with Crippen molar-refractivity contribution < 1.29 is 9.53 Å². The van der Waals surface area contributed by atoms with Gasteiger partial charge in [0.05, 0.1) is 5.92 Å². The van der Waals surface area contributed by atoms with Crippen molar-refractivity contribution in [2.45, 2.75) is 51.9 Å². The first kappa shape index (κ1) is 18.3. The molecule has 0 aliphatic heterocycles. The molecule has 0 radical (unpaired) electrons. The van der Waals surface area contributed by atoms with E-state index in [4.69, 9.17) is 15.9 Å². The highest BCUT2D eigenvalue weighted by Crippen LogP contribution is 2.30. The maximum atomic E-state index is 12.3. The molecule has 0 aromatic heterocycles. The van der Waals surface area contributed by atoms with Gasteiger partial charge in [-0.2, -0.15) is 0 Å². The van der Waals surface area contributed by atoms with Gasteiger partial charge in [-0.05, 0) is 54.7 Å². The van der Waals surface area contributed by atoms with Crippen LogP contribution in [0.4, 0.5) is 0 Å². The number of nitrogens with two attached hydrogens (primary N) is 1. The van der Waals surface area contributed by atoms with Crippen molar-refractivity contribution in [2.24, 2.45) is 17.6 Å². The molecule has 1 aromatic rings. The zero-order valence-corrected chi connectivity index (χ0v) is 14.9. The summed E-state index contributed by atoms with van der Waals surface area (Å²) in [6.45, 7) is 7.19. The fourth-order valence-electron chi connectivity index (χ4n) is 3.08. The van der Waals surface area contributed by atoms with E-state index in [0.717, 1.165) is 25.7 Å². The second kappa shape index (κ2) is 7.69. The van der Waals surface area contributed by atoms with Gasteiger partial charge in [-0.3, -0.25) is 10.2 Å². The van der Waals surface area contributed by atoms with E-state index in [1.54, 1.807) is 0 Å². The number of nitrogens with one attached hydrogen (secondary N) is 2. The first-order chi connectivity index (χ1) is 11.3. The summed E-state index contributed by atoms with van der Waals surface area (Å²) in [5.74, 6) is 0.949. The Kier molecular flexibility index (Phi) is 5.86. The summed E-state index contributed by atoms with van der Waals surface area (Å²) >= 11 is 0. The van der Waals surface area contributed by atoms with Crippen LogP contribution in [0.25, 0.3) is 0 Å². The molecule has 0 unspecified atom stereocenters. The molecule has 0 bridgehead atoms. The number of benzene rings is 1. The van der Waals surface area contributed by atoms with E-state index >= 15 is 0 Å². The van der Waals surface area contributed by atoms with Crippen LogP contribution in [0.3, 0.4) is 0 Å². The molecule has 5 heteroatoms. The Labute approximate surface area is 144 Å². The Morgan fingerprint density at radius 3 is 2.29 bits per heavy atom. The Balaban J connectivity index is 1.82. The maximum absolute atomic E-state index is 12.3. The summed E-state index contributed by atoms with van der Waals surface area (Å²) in [5, 5.41) is 10.1. The van der Waals surface area contributed by atoms with Gasteiger partial charge in [-0.1, -0.05) is 32.9 Å². The molecule has 1 aliphatic carbocycles. The van der Waals surface area contributed by atoms with Crippen molar-refractivity contribution >= 4 is 11.9 Å². The van der Waals surface area contributed by atoms with Crippen LogP contribution < -0.4 is 15.8 Å². The van der Waals surface area contributed by atoms with Gasteiger partial charge in [0.25, 0.3) is 0 Å². The van der Waals surface area contributed by atoms with Crippen LogP contribution in [0.1, 0.15) is 52.0 Å². The Morgan fingerprint density at radius 1 is 1.21 bits per heavy atom. The molecule has 0 amide bonds. The summed E-state index contributed by atoms with van der Waals surface area (Å²) < 4.78 is 5.55. The number of hydrogen-bond acceptors (Lipinski definition) is 3. The fourth-order valence-corrected chi connectivity index (χ4v) is 3.08. The minimum atomic E-state index is -0.128. The number of carbonyl (C=O) groups is 1. The molecule has 0 heterocycles. The van der Waals surface area contributed by atoms with Gasteiger partial charge in [-0.15, -0.1) is 0 Å². The molecule has 5 nitrogen and oxygen atoms in total. The van der Waals surface area contributed by atoms with Gasteiger partial charge in [0.15, 0.2) is 5.96 Å². The number of hydrogen-bond donors (Lipinski definition) is 3. The average Bonchev–Trinajstić information content (AvgIpc) is 2.53. The molecule has 0 spiro atoms. The summed E-state index contributed by atoms with van der Waals surface area (Å²) in [5.41, 5.74) is 6.62. The SMILES string of the molecule is CC(C)(C)c1ccc(OC(=O)[C@H]2CC[C@H](CNC(=N)N)CC2)cc1. The first-order valence-electron chi connectivity index (χ1n) is 8.66. The molecule has 2 rings (SSSR count). The molecule has 1 fully saturated rings. The fraction of sp³-hybridized carbons (Fsp3) is 0.579. The monoisotopic (exact) mass is 331 g/mol. The lowest BCUT2D eigenvalue weighted by molar-refractivity contribution is -0.140. The Morgan fingerprint density at radius 2 is 1.79 bits per heavy atom. The minimum Gasteiger partial charge on any atom is -0.426 e. The number of ether oxygens (including phenoxy) is 1. The smallest absolute Gasteiger partial charge is 0.314 e. The van der Waals surface area contributed by atoms with Crippen LogP contribution in [0, 0.1) is 17.2 Å². The van der Waals surface area contributed by atoms with E-state index in [2.05, 4.69) is 26.1 Å². The third kappa shape index (κ3) is 5.25. The summed E-state index contributed by atoms with van der Waals surface area (Å²) in [6, 6.07) is 7.79. The van der Waals surface area contributed by atoms with Crippen molar-refractivity contribution in [2.75, 3.05) is 6.54 Å². The molecule has 1 aromatic carbocycles. The number of guanidine groups is 1. The van der Waals surface area contributed by atoms with E-state index in [0.29, 0.717) is 18.2 Å². The van der Waals surface area contributed by atoms with E-state index in [9.17, 15) is 4.79 Å². The van der Waals surface area contributed by atoms with Crippen LogP contribution in [0.5, 0.6) is 5.75 Å². The highest BCUT2D eigenvalue weighted by atomic mass is 16.5. The predicted molar refractivity (Wildman–Crippen MR) is 96.1 cm³/mol. The van der Waals surface area contributed by atoms with Gasteiger partial charge >= 0.3 is 5.97 Å². The molecule has 132 valence electrons.